The lowest BCUT2D eigenvalue weighted by Crippen LogP contribution is -2.88. The van der Waals surface area contributed by atoms with Crippen molar-refractivity contribution in [2.24, 2.45) is 0 Å². The van der Waals surface area contributed by atoms with Crippen molar-refractivity contribution in [1.82, 2.24) is 0 Å². The van der Waals surface area contributed by atoms with E-state index in [2.05, 4.69) is 19.7 Å². The molecular weight excluding hydrogens is 403 g/mol. The lowest BCUT2D eigenvalue weighted by molar-refractivity contribution is -0.680. The SMILES string of the molecule is COCCCCCCCCCCCCC[NH2+]CCC[NH2+]CCCCOP(=O)([O-])OC. The Labute approximate surface area is 185 Å². The van der Waals surface area contributed by atoms with Crippen LogP contribution in [-0.4, -0.2) is 53.6 Å². The summed E-state index contributed by atoms with van der Waals surface area (Å²) >= 11 is 0. The van der Waals surface area contributed by atoms with Gasteiger partial charge in [-0.05, 0) is 32.1 Å². The molecule has 0 aliphatic rings. The van der Waals surface area contributed by atoms with Gasteiger partial charge in [0.2, 0.25) is 0 Å². The fourth-order valence-electron chi connectivity index (χ4n) is 3.44. The molecule has 0 aliphatic carbocycles. The van der Waals surface area contributed by atoms with E-state index in [0.29, 0.717) is 0 Å². The first-order chi connectivity index (χ1) is 14.6. The molecule has 182 valence electrons. The Morgan fingerprint density at radius 3 is 1.50 bits per heavy atom. The van der Waals surface area contributed by atoms with Gasteiger partial charge in [-0.25, -0.2) is 0 Å². The Hall–Kier alpha value is -0.0100. The molecule has 0 saturated carbocycles. The fourth-order valence-corrected chi connectivity index (χ4v) is 3.90. The second kappa shape index (κ2) is 23.6. The average molecular weight is 454 g/mol. The van der Waals surface area contributed by atoms with Crippen LogP contribution in [0.4, 0.5) is 0 Å². The molecule has 0 radical (unpaired) electrons. The van der Waals surface area contributed by atoms with Gasteiger partial charge < -0.3 is 29.3 Å². The van der Waals surface area contributed by atoms with Crippen LogP contribution in [0.3, 0.4) is 0 Å². The van der Waals surface area contributed by atoms with Crippen LogP contribution in [-0.2, 0) is 18.3 Å². The van der Waals surface area contributed by atoms with Gasteiger partial charge in [0, 0.05) is 27.2 Å². The van der Waals surface area contributed by atoms with Crippen molar-refractivity contribution in [3.8, 4) is 0 Å². The van der Waals surface area contributed by atoms with E-state index < -0.39 is 7.82 Å². The zero-order valence-corrected chi connectivity index (χ0v) is 20.7. The summed E-state index contributed by atoms with van der Waals surface area (Å²) in [7, 11) is -1.14. The minimum atomic E-state index is -4.04. The molecule has 30 heavy (non-hydrogen) atoms. The largest absolute Gasteiger partial charge is 0.756 e. The van der Waals surface area contributed by atoms with E-state index in [1.807, 2.05) is 0 Å². The van der Waals surface area contributed by atoms with Crippen LogP contribution in [0.15, 0.2) is 0 Å². The Morgan fingerprint density at radius 1 is 0.600 bits per heavy atom. The topological polar surface area (TPSA) is 101 Å². The third-order valence-corrected chi connectivity index (χ3v) is 6.29. The molecule has 0 fully saturated rings. The molecule has 4 N–H and O–H groups in total. The predicted molar refractivity (Wildman–Crippen MR) is 120 cm³/mol. The van der Waals surface area contributed by atoms with Crippen LogP contribution in [0.2, 0.25) is 0 Å². The zero-order valence-electron chi connectivity index (χ0n) is 19.8. The van der Waals surface area contributed by atoms with Gasteiger partial charge in [-0.1, -0.05) is 51.4 Å². The first kappa shape index (κ1) is 30.0. The summed E-state index contributed by atoms with van der Waals surface area (Å²) < 4.78 is 25.0. The molecule has 0 aromatic carbocycles. The molecule has 1 unspecified atom stereocenters. The monoisotopic (exact) mass is 453 g/mol. The summed E-state index contributed by atoms with van der Waals surface area (Å²) in [6.07, 6.45) is 18.0. The maximum atomic E-state index is 11.0. The first-order valence-electron chi connectivity index (χ1n) is 12.3. The summed E-state index contributed by atoms with van der Waals surface area (Å²) in [5.74, 6) is 0. The van der Waals surface area contributed by atoms with Gasteiger partial charge >= 0.3 is 0 Å². The second-order valence-corrected chi connectivity index (χ2v) is 9.66. The quantitative estimate of drug-likeness (QED) is 0.163. The van der Waals surface area contributed by atoms with Crippen molar-refractivity contribution in [3.05, 3.63) is 0 Å². The number of nitrogens with two attached hydrogens (primary N) is 2. The van der Waals surface area contributed by atoms with E-state index in [0.717, 1.165) is 39.6 Å². The highest BCUT2D eigenvalue weighted by Crippen LogP contribution is 2.36. The molecule has 0 aromatic heterocycles. The third-order valence-electron chi connectivity index (χ3n) is 5.35. The zero-order chi connectivity index (χ0) is 22.2. The maximum Gasteiger partial charge on any atom is 0.267 e. The third kappa shape index (κ3) is 24.3. The molecule has 0 amide bonds. The molecule has 0 spiro atoms. The molecule has 1 atom stereocenters. The maximum absolute atomic E-state index is 11.0. The molecule has 8 heteroatoms. The average Bonchev–Trinajstić information content (AvgIpc) is 2.74. The van der Waals surface area contributed by atoms with E-state index in [1.54, 1.807) is 7.11 Å². The highest BCUT2D eigenvalue weighted by atomic mass is 31.2. The van der Waals surface area contributed by atoms with E-state index in [9.17, 15) is 9.46 Å². The summed E-state index contributed by atoms with van der Waals surface area (Å²) in [4.78, 5) is 11.0. The van der Waals surface area contributed by atoms with E-state index in [-0.39, 0.29) is 6.61 Å². The Kier molecular flexibility index (Phi) is 23.6. The van der Waals surface area contributed by atoms with Crippen molar-refractivity contribution >= 4 is 7.82 Å². The van der Waals surface area contributed by atoms with E-state index >= 15 is 0 Å². The number of methoxy groups -OCH3 is 1. The van der Waals surface area contributed by atoms with Gasteiger partial charge in [0.05, 0.1) is 32.8 Å². The van der Waals surface area contributed by atoms with E-state index in [4.69, 9.17) is 4.74 Å². The van der Waals surface area contributed by atoms with Crippen molar-refractivity contribution < 1.29 is 33.9 Å². The van der Waals surface area contributed by atoms with Crippen LogP contribution in [0.1, 0.15) is 89.9 Å². The van der Waals surface area contributed by atoms with Crippen LogP contribution in [0, 0.1) is 0 Å². The first-order valence-corrected chi connectivity index (χ1v) is 13.7. The molecule has 7 nitrogen and oxygen atoms in total. The smallest absolute Gasteiger partial charge is 0.267 e. The van der Waals surface area contributed by atoms with Gasteiger partial charge in [-0.15, -0.1) is 0 Å². The molecule has 0 bridgehead atoms. The number of phosphoric ester groups is 1. The van der Waals surface area contributed by atoms with E-state index in [1.165, 1.54) is 90.1 Å². The highest BCUT2D eigenvalue weighted by Gasteiger charge is 2.05. The van der Waals surface area contributed by atoms with Crippen LogP contribution >= 0.6 is 7.82 Å². The predicted octanol–water partition coefficient (Wildman–Crippen LogP) is 2.35. The molecule has 0 heterocycles. The summed E-state index contributed by atoms with van der Waals surface area (Å²) in [5, 5.41) is 4.75. The highest BCUT2D eigenvalue weighted by molar-refractivity contribution is 7.45. The number of phosphoric acid groups is 1. The number of ether oxygens (including phenoxy) is 1. The minimum absolute atomic E-state index is 0.214. The lowest BCUT2D eigenvalue weighted by atomic mass is 10.1. The molecule has 0 rings (SSSR count). The normalized spacial score (nSPS) is 13.6. The van der Waals surface area contributed by atoms with Gasteiger partial charge in [0.25, 0.3) is 7.82 Å². The molecule has 0 aliphatic heterocycles. The fraction of sp³-hybridized carbons (Fsp3) is 1.00. The Balaban J connectivity index is 3.06. The minimum Gasteiger partial charge on any atom is -0.756 e. The van der Waals surface area contributed by atoms with Crippen LogP contribution in [0.25, 0.3) is 0 Å². The number of unbranched alkanes of at least 4 members (excludes halogenated alkanes) is 11. The number of hydrogen-bond acceptors (Lipinski definition) is 5. The molecule has 0 aromatic rings. The summed E-state index contributed by atoms with van der Waals surface area (Å²) in [6.45, 7) is 5.76. The van der Waals surface area contributed by atoms with Crippen molar-refractivity contribution in [2.75, 3.05) is 53.6 Å². The summed E-state index contributed by atoms with van der Waals surface area (Å²) in [5.41, 5.74) is 0. The number of quaternary nitrogens is 2. The second-order valence-electron chi connectivity index (χ2n) is 8.14. The van der Waals surface area contributed by atoms with Gasteiger partial charge in [0.1, 0.15) is 0 Å². The number of hydrogen-bond donors (Lipinski definition) is 2. The summed E-state index contributed by atoms with van der Waals surface area (Å²) in [6, 6.07) is 0. The van der Waals surface area contributed by atoms with Crippen LogP contribution in [0.5, 0.6) is 0 Å². The van der Waals surface area contributed by atoms with Crippen molar-refractivity contribution in [2.45, 2.75) is 89.9 Å². The number of rotatable bonds is 25. The molecular formula is C22H50N2O5P+. The van der Waals surface area contributed by atoms with Gasteiger partial charge in [-0.3, -0.25) is 4.57 Å². The standard InChI is InChI=1S/C22H49N2O5P/c1-27-21-14-11-9-7-5-3-4-6-8-10-12-17-23-19-16-20-24-18-13-15-22-29-30(25,26)28-2/h23-24H,3-22H2,1-2H3,(H,25,26)/p+1. The lowest BCUT2D eigenvalue weighted by Gasteiger charge is -2.19. The Bertz CT molecular complexity index is 389. The Morgan fingerprint density at radius 2 is 1.00 bits per heavy atom. The molecule has 0 saturated heterocycles. The van der Waals surface area contributed by atoms with Gasteiger partial charge in [-0.2, -0.15) is 0 Å². The van der Waals surface area contributed by atoms with Crippen molar-refractivity contribution in [3.63, 3.8) is 0 Å². The van der Waals surface area contributed by atoms with Gasteiger partial charge in [0.15, 0.2) is 0 Å². The van der Waals surface area contributed by atoms with Crippen LogP contribution < -0.4 is 15.5 Å². The van der Waals surface area contributed by atoms with Crippen molar-refractivity contribution in [1.29, 1.82) is 0 Å².